The van der Waals surface area contributed by atoms with Gasteiger partial charge in [-0.05, 0) is 37.3 Å². The molecule has 0 aromatic heterocycles. The van der Waals surface area contributed by atoms with E-state index in [4.69, 9.17) is 4.74 Å². The Bertz CT molecular complexity index is 540. The quantitative estimate of drug-likeness (QED) is 0.572. The van der Waals surface area contributed by atoms with Gasteiger partial charge in [0.2, 0.25) is 0 Å². The van der Waals surface area contributed by atoms with Crippen molar-refractivity contribution in [3.05, 3.63) is 33.9 Å². The first-order valence-electron chi connectivity index (χ1n) is 7.18. The highest BCUT2D eigenvalue weighted by molar-refractivity contribution is 5.95. The zero-order chi connectivity index (χ0) is 15.4. The lowest BCUT2D eigenvalue weighted by Gasteiger charge is -2.22. The van der Waals surface area contributed by atoms with Crippen molar-refractivity contribution in [2.24, 2.45) is 5.92 Å². The maximum absolute atomic E-state index is 12.5. The van der Waals surface area contributed by atoms with Crippen LogP contribution in [0.2, 0.25) is 0 Å². The highest BCUT2D eigenvalue weighted by atomic mass is 16.6. The third-order valence-corrected chi connectivity index (χ3v) is 3.58. The van der Waals surface area contributed by atoms with Crippen molar-refractivity contribution in [3.8, 4) is 5.75 Å². The van der Waals surface area contributed by atoms with E-state index < -0.39 is 4.92 Å². The van der Waals surface area contributed by atoms with Crippen LogP contribution in [-0.4, -0.2) is 35.9 Å². The van der Waals surface area contributed by atoms with Gasteiger partial charge in [-0.2, -0.15) is 0 Å². The molecule has 2 rings (SSSR count). The van der Waals surface area contributed by atoms with Gasteiger partial charge >= 0.3 is 5.69 Å². The second-order valence-electron chi connectivity index (χ2n) is 5.34. The molecule has 21 heavy (non-hydrogen) atoms. The SMILES string of the molecule is CCCN(CC1CC1)C(=O)c1ccc(OC)c([N+](=O)[O-])c1. The normalized spacial score (nSPS) is 13.8. The van der Waals surface area contributed by atoms with Crippen LogP contribution in [0.25, 0.3) is 0 Å². The van der Waals surface area contributed by atoms with Gasteiger partial charge in [0.05, 0.1) is 12.0 Å². The highest BCUT2D eigenvalue weighted by Gasteiger charge is 2.28. The van der Waals surface area contributed by atoms with Gasteiger partial charge in [-0.3, -0.25) is 14.9 Å². The lowest BCUT2D eigenvalue weighted by Crippen LogP contribution is -2.33. The van der Waals surface area contributed by atoms with Gasteiger partial charge in [0, 0.05) is 24.7 Å². The maximum atomic E-state index is 12.5. The lowest BCUT2D eigenvalue weighted by molar-refractivity contribution is -0.385. The minimum absolute atomic E-state index is 0.144. The fraction of sp³-hybridized carbons (Fsp3) is 0.533. The Morgan fingerprint density at radius 1 is 1.48 bits per heavy atom. The monoisotopic (exact) mass is 292 g/mol. The second-order valence-corrected chi connectivity index (χ2v) is 5.34. The maximum Gasteiger partial charge on any atom is 0.311 e. The number of methoxy groups -OCH3 is 1. The van der Waals surface area contributed by atoms with Crippen LogP contribution in [0.4, 0.5) is 5.69 Å². The fourth-order valence-corrected chi connectivity index (χ4v) is 2.31. The van der Waals surface area contributed by atoms with E-state index in [0.29, 0.717) is 18.0 Å². The number of carbonyl (C=O) groups excluding carboxylic acids is 1. The molecule has 1 aliphatic rings. The minimum Gasteiger partial charge on any atom is -0.490 e. The Morgan fingerprint density at radius 2 is 2.19 bits per heavy atom. The van der Waals surface area contributed by atoms with Crippen molar-refractivity contribution in [3.63, 3.8) is 0 Å². The third-order valence-electron chi connectivity index (χ3n) is 3.58. The summed E-state index contributed by atoms with van der Waals surface area (Å²) < 4.78 is 4.96. The number of nitro groups is 1. The highest BCUT2D eigenvalue weighted by Crippen LogP contribution is 2.31. The van der Waals surface area contributed by atoms with E-state index in [1.54, 1.807) is 11.0 Å². The van der Waals surface area contributed by atoms with E-state index in [-0.39, 0.29) is 17.3 Å². The molecule has 6 nitrogen and oxygen atoms in total. The van der Waals surface area contributed by atoms with E-state index in [0.717, 1.165) is 25.8 Å². The van der Waals surface area contributed by atoms with Crippen LogP contribution in [0.5, 0.6) is 5.75 Å². The van der Waals surface area contributed by atoms with Gasteiger partial charge in [-0.1, -0.05) is 6.92 Å². The summed E-state index contributed by atoms with van der Waals surface area (Å²) in [4.78, 5) is 24.8. The van der Waals surface area contributed by atoms with Crippen LogP contribution in [0.1, 0.15) is 36.5 Å². The molecule has 0 aliphatic heterocycles. The number of nitro benzene ring substituents is 1. The molecule has 0 saturated heterocycles. The fourth-order valence-electron chi connectivity index (χ4n) is 2.31. The first-order valence-corrected chi connectivity index (χ1v) is 7.18. The van der Waals surface area contributed by atoms with Crippen molar-refractivity contribution >= 4 is 11.6 Å². The zero-order valence-electron chi connectivity index (χ0n) is 12.4. The Morgan fingerprint density at radius 3 is 2.71 bits per heavy atom. The molecular weight excluding hydrogens is 272 g/mol. The summed E-state index contributed by atoms with van der Waals surface area (Å²) in [5.74, 6) is 0.615. The van der Waals surface area contributed by atoms with Gasteiger partial charge in [0.25, 0.3) is 5.91 Å². The van der Waals surface area contributed by atoms with Crippen molar-refractivity contribution in [2.45, 2.75) is 26.2 Å². The summed E-state index contributed by atoms with van der Waals surface area (Å²) in [5, 5.41) is 11.0. The predicted molar refractivity (Wildman–Crippen MR) is 78.6 cm³/mol. The van der Waals surface area contributed by atoms with Crippen molar-refractivity contribution in [1.29, 1.82) is 0 Å². The van der Waals surface area contributed by atoms with Crippen LogP contribution in [0.15, 0.2) is 18.2 Å². The Hall–Kier alpha value is -2.11. The summed E-state index contributed by atoms with van der Waals surface area (Å²) in [6.45, 7) is 3.44. The topological polar surface area (TPSA) is 72.7 Å². The van der Waals surface area contributed by atoms with Gasteiger partial charge in [0.15, 0.2) is 5.75 Å². The van der Waals surface area contributed by atoms with E-state index >= 15 is 0 Å². The predicted octanol–water partition coefficient (Wildman–Crippen LogP) is 2.87. The van der Waals surface area contributed by atoms with Crippen LogP contribution < -0.4 is 4.74 Å². The number of hydrogen-bond donors (Lipinski definition) is 0. The molecule has 0 unspecified atom stereocenters. The number of rotatable bonds is 7. The number of nitrogens with zero attached hydrogens (tertiary/aromatic N) is 2. The number of hydrogen-bond acceptors (Lipinski definition) is 4. The second kappa shape index (κ2) is 6.56. The largest absolute Gasteiger partial charge is 0.490 e. The Labute approximate surface area is 123 Å². The molecule has 1 aromatic rings. The van der Waals surface area contributed by atoms with Gasteiger partial charge in [0.1, 0.15) is 0 Å². The molecule has 0 N–H and O–H groups in total. The van der Waals surface area contributed by atoms with Gasteiger partial charge < -0.3 is 9.64 Å². The lowest BCUT2D eigenvalue weighted by atomic mass is 10.1. The summed E-state index contributed by atoms with van der Waals surface area (Å²) in [7, 11) is 1.38. The first kappa shape index (κ1) is 15.3. The van der Waals surface area contributed by atoms with E-state index in [9.17, 15) is 14.9 Å². The minimum atomic E-state index is -0.527. The molecule has 0 spiro atoms. The average Bonchev–Trinajstić information content (AvgIpc) is 3.29. The molecule has 0 bridgehead atoms. The van der Waals surface area contributed by atoms with Crippen LogP contribution in [0, 0.1) is 16.0 Å². The standard InChI is InChI=1S/C15H20N2O4/c1-3-8-16(10-11-4-5-11)15(18)12-6-7-14(21-2)13(9-12)17(19)20/h6-7,9,11H,3-5,8,10H2,1-2H3. The third kappa shape index (κ3) is 3.71. The molecule has 0 atom stereocenters. The first-order chi connectivity index (χ1) is 10.1. The molecule has 0 heterocycles. The molecule has 1 saturated carbocycles. The van der Waals surface area contributed by atoms with E-state index in [1.807, 2.05) is 6.92 Å². The Balaban J connectivity index is 2.23. The average molecular weight is 292 g/mol. The molecule has 1 fully saturated rings. The molecule has 114 valence electrons. The van der Waals surface area contributed by atoms with Crippen LogP contribution in [-0.2, 0) is 0 Å². The number of ether oxygens (including phenoxy) is 1. The van der Waals surface area contributed by atoms with Crippen LogP contribution in [0.3, 0.4) is 0 Å². The zero-order valence-corrected chi connectivity index (χ0v) is 12.4. The Kier molecular flexibility index (Phi) is 4.77. The number of amides is 1. The van der Waals surface area contributed by atoms with Crippen molar-refractivity contribution in [2.75, 3.05) is 20.2 Å². The smallest absolute Gasteiger partial charge is 0.311 e. The van der Waals surface area contributed by atoms with Crippen molar-refractivity contribution < 1.29 is 14.5 Å². The molecule has 1 aromatic carbocycles. The van der Waals surface area contributed by atoms with Crippen molar-refractivity contribution in [1.82, 2.24) is 4.90 Å². The number of carbonyl (C=O) groups is 1. The van der Waals surface area contributed by atoms with Crippen LogP contribution >= 0.6 is 0 Å². The van der Waals surface area contributed by atoms with E-state index in [1.165, 1.54) is 19.2 Å². The number of benzene rings is 1. The molecular formula is C15H20N2O4. The van der Waals surface area contributed by atoms with E-state index in [2.05, 4.69) is 0 Å². The molecule has 1 aliphatic carbocycles. The summed E-state index contributed by atoms with van der Waals surface area (Å²) >= 11 is 0. The summed E-state index contributed by atoms with van der Waals surface area (Å²) in [6, 6.07) is 4.37. The molecule has 1 amide bonds. The molecule has 0 radical (unpaired) electrons. The van der Waals surface area contributed by atoms with Gasteiger partial charge in [-0.15, -0.1) is 0 Å². The summed E-state index contributed by atoms with van der Waals surface area (Å²) in [6.07, 6.45) is 3.20. The molecule has 6 heteroatoms. The summed E-state index contributed by atoms with van der Waals surface area (Å²) in [5.41, 5.74) is 0.169. The van der Waals surface area contributed by atoms with Gasteiger partial charge in [-0.25, -0.2) is 0 Å².